The molecule has 1 aliphatic heterocycles. The molecule has 7 heteroatoms. The first kappa shape index (κ1) is 14.8. The molecule has 0 saturated carbocycles. The van der Waals surface area contributed by atoms with Crippen LogP contribution < -0.4 is 10.6 Å². The molecular weight excluding hydrogens is 216 g/mol. The zero-order chi connectivity index (χ0) is 7.61. The van der Waals surface area contributed by atoms with Crippen molar-refractivity contribution in [2.24, 2.45) is 0 Å². The van der Waals surface area contributed by atoms with Crippen LogP contribution in [0.4, 0.5) is 13.2 Å². The first-order valence-corrected chi connectivity index (χ1v) is 3.11. The summed E-state index contributed by atoms with van der Waals surface area (Å²) in [5, 5.41) is 5.03. The number of hydrogen-bond acceptors (Lipinski definition) is 2. The standard InChI is InChI=1S/C5H9F3N2.2ClH/c6-5(7,8)4-3-9-1-2-10-4;;/h4,9-10H,1-3H2;2*1H/t4-;;/m1../s1. The summed E-state index contributed by atoms with van der Waals surface area (Å²) in [6.07, 6.45) is -4.10. The molecule has 1 heterocycles. The molecule has 1 aliphatic rings. The summed E-state index contributed by atoms with van der Waals surface area (Å²) in [6.45, 7) is 1.00. The average Bonchev–Trinajstić information content (AvgIpc) is 1.88. The monoisotopic (exact) mass is 226 g/mol. The number of piperazine rings is 1. The van der Waals surface area contributed by atoms with Crippen molar-refractivity contribution in [1.82, 2.24) is 10.6 Å². The molecule has 0 aromatic rings. The molecule has 0 aliphatic carbocycles. The lowest BCUT2D eigenvalue weighted by molar-refractivity contribution is -0.156. The Balaban J connectivity index is 0. The van der Waals surface area contributed by atoms with Crippen molar-refractivity contribution in [3.63, 3.8) is 0 Å². The van der Waals surface area contributed by atoms with Gasteiger partial charge in [-0.25, -0.2) is 0 Å². The van der Waals surface area contributed by atoms with Crippen LogP contribution in [0.3, 0.4) is 0 Å². The van der Waals surface area contributed by atoms with E-state index in [4.69, 9.17) is 0 Å². The molecule has 0 amide bonds. The molecule has 1 rings (SSSR count). The highest BCUT2D eigenvalue weighted by atomic mass is 35.5. The van der Waals surface area contributed by atoms with E-state index in [1.165, 1.54) is 0 Å². The lowest BCUT2D eigenvalue weighted by Gasteiger charge is -2.26. The van der Waals surface area contributed by atoms with E-state index in [1.807, 2.05) is 0 Å². The number of nitrogens with one attached hydrogen (secondary N) is 2. The van der Waals surface area contributed by atoms with Crippen LogP contribution in [0, 0.1) is 0 Å². The highest BCUT2D eigenvalue weighted by Gasteiger charge is 2.39. The third-order valence-corrected chi connectivity index (χ3v) is 1.44. The van der Waals surface area contributed by atoms with Crippen molar-refractivity contribution in [2.75, 3.05) is 19.6 Å². The van der Waals surface area contributed by atoms with Gasteiger partial charge in [0.2, 0.25) is 0 Å². The molecular formula is C5H11Cl2F3N2. The van der Waals surface area contributed by atoms with Gasteiger partial charge in [-0.05, 0) is 0 Å². The average molecular weight is 227 g/mol. The summed E-state index contributed by atoms with van der Waals surface area (Å²) in [7, 11) is 0. The minimum atomic E-state index is -4.10. The van der Waals surface area contributed by atoms with Gasteiger partial charge in [0.15, 0.2) is 0 Å². The fourth-order valence-corrected chi connectivity index (χ4v) is 0.885. The number of halogens is 5. The topological polar surface area (TPSA) is 24.1 Å². The van der Waals surface area contributed by atoms with Crippen molar-refractivity contribution in [3.05, 3.63) is 0 Å². The van der Waals surface area contributed by atoms with E-state index in [0.717, 1.165) is 0 Å². The molecule has 2 N–H and O–H groups in total. The van der Waals surface area contributed by atoms with Crippen molar-refractivity contribution in [3.8, 4) is 0 Å². The molecule has 1 saturated heterocycles. The highest BCUT2D eigenvalue weighted by Crippen LogP contribution is 2.19. The van der Waals surface area contributed by atoms with Crippen LogP contribution in [-0.2, 0) is 0 Å². The largest absolute Gasteiger partial charge is 0.405 e. The predicted octanol–water partition coefficient (Wildman–Crippen LogP) is 0.954. The second-order valence-electron chi connectivity index (χ2n) is 2.25. The fraction of sp³-hybridized carbons (Fsp3) is 1.00. The molecule has 0 bridgehead atoms. The zero-order valence-corrected chi connectivity index (χ0v) is 7.78. The minimum Gasteiger partial charge on any atom is -0.314 e. The highest BCUT2D eigenvalue weighted by molar-refractivity contribution is 5.85. The first-order chi connectivity index (χ1) is 4.61. The number of rotatable bonds is 0. The summed E-state index contributed by atoms with van der Waals surface area (Å²) in [6, 6.07) is -1.36. The molecule has 0 unspecified atom stereocenters. The van der Waals surface area contributed by atoms with Gasteiger partial charge in [-0.2, -0.15) is 13.2 Å². The SMILES string of the molecule is Cl.Cl.FC(F)(F)[C@H]1CNCCN1. The van der Waals surface area contributed by atoms with Crippen LogP contribution in [0.15, 0.2) is 0 Å². The second kappa shape index (κ2) is 5.85. The third-order valence-electron chi connectivity index (χ3n) is 1.44. The fourth-order valence-electron chi connectivity index (χ4n) is 0.885. The van der Waals surface area contributed by atoms with E-state index in [0.29, 0.717) is 13.1 Å². The quantitative estimate of drug-likeness (QED) is 0.643. The predicted molar refractivity (Wildman–Crippen MR) is 45.2 cm³/mol. The first-order valence-electron chi connectivity index (χ1n) is 3.11. The van der Waals surface area contributed by atoms with Gasteiger partial charge in [0.05, 0.1) is 0 Å². The molecule has 12 heavy (non-hydrogen) atoms. The van der Waals surface area contributed by atoms with E-state index < -0.39 is 12.2 Å². The van der Waals surface area contributed by atoms with Gasteiger partial charge in [0.1, 0.15) is 6.04 Å². The van der Waals surface area contributed by atoms with Gasteiger partial charge in [-0.1, -0.05) is 0 Å². The van der Waals surface area contributed by atoms with Gasteiger partial charge >= 0.3 is 6.18 Å². The maximum atomic E-state index is 11.8. The van der Waals surface area contributed by atoms with Crippen LogP contribution in [0.2, 0.25) is 0 Å². The Hall–Kier alpha value is 0.290. The Morgan fingerprint density at radius 1 is 1.08 bits per heavy atom. The summed E-state index contributed by atoms with van der Waals surface area (Å²) >= 11 is 0. The van der Waals surface area contributed by atoms with Crippen molar-refractivity contribution >= 4 is 24.8 Å². The van der Waals surface area contributed by atoms with Crippen LogP contribution in [0.1, 0.15) is 0 Å². The Kier molecular flexibility index (Phi) is 7.22. The van der Waals surface area contributed by atoms with Gasteiger partial charge in [0.25, 0.3) is 0 Å². The third kappa shape index (κ3) is 4.35. The smallest absolute Gasteiger partial charge is 0.314 e. The molecule has 0 aromatic carbocycles. The minimum absolute atomic E-state index is 0. The normalized spacial score (nSPS) is 23.8. The summed E-state index contributed by atoms with van der Waals surface area (Å²) in [5.41, 5.74) is 0. The van der Waals surface area contributed by atoms with E-state index in [1.54, 1.807) is 0 Å². The lowest BCUT2D eigenvalue weighted by Crippen LogP contribution is -2.55. The Labute approximate surface area is 81.1 Å². The van der Waals surface area contributed by atoms with Gasteiger partial charge in [-0.3, -0.25) is 0 Å². The maximum Gasteiger partial charge on any atom is 0.405 e. The molecule has 2 nitrogen and oxygen atoms in total. The van der Waals surface area contributed by atoms with Crippen LogP contribution >= 0.6 is 24.8 Å². The Morgan fingerprint density at radius 2 is 1.67 bits per heavy atom. The molecule has 0 spiro atoms. The van der Waals surface area contributed by atoms with Crippen LogP contribution in [0.25, 0.3) is 0 Å². The molecule has 1 fully saturated rings. The molecule has 1 atom stereocenters. The molecule has 0 aromatic heterocycles. The van der Waals surface area contributed by atoms with Crippen LogP contribution in [-0.4, -0.2) is 31.9 Å². The zero-order valence-electron chi connectivity index (χ0n) is 6.15. The van der Waals surface area contributed by atoms with E-state index >= 15 is 0 Å². The molecule has 0 radical (unpaired) electrons. The van der Waals surface area contributed by atoms with Gasteiger partial charge in [0, 0.05) is 19.6 Å². The Bertz CT molecular complexity index is 114. The summed E-state index contributed by atoms with van der Waals surface area (Å²) < 4.78 is 35.5. The van der Waals surface area contributed by atoms with E-state index in [9.17, 15) is 13.2 Å². The lowest BCUT2D eigenvalue weighted by atomic mass is 10.2. The number of alkyl halides is 3. The van der Waals surface area contributed by atoms with Crippen LogP contribution in [0.5, 0.6) is 0 Å². The van der Waals surface area contributed by atoms with Gasteiger partial charge < -0.3 is 10.6 Å². The molecule has 76 valence electrons. The summed E-state index contributed by atoms with van der Waals surface area (Å²) in [4.78, 5) is 0. The second-order valence-corrected chi connectivity index (χ2v) is 2.25. The maximum absolute atomic E-state index is 11.8. The van der Waals surface area contributed by atoms with Crippen molar-refractivity contribution in [2.45, 2.75) is 12.2 Å². The number of hydrogen-bond donors (Lipinski definition) is 2. The van der Waals surface area contributed by atoms with E-state index in [-0.39, 0.29) is 31.4 Å². The van der Waals surface area contributed by atoms with Gasteiger partial charge in [-0.15, -0.1) is 24.8 Å². The van der Waals surface area contributed by atoms with Crippen molar-refractivity contribution in [1.29, 1.82) is 0 Å². The Morgan fingerprint density at radius 3 is 1.92 bits per heavy atom. The van der Waals surface area contributed by atoms with Crippen molar-refractivity contribution < 1.29 is 13.2 Å². The van der Waals surface area contributed by atoms with E-state index in [2.05, 4.69) is 10.6 Å². The summed E-state index contributed by atoms with van der Waals surface area (Å²) in [5.74, 6) is 0.